The molecule has 0 bridgehead atoms. The molecular weight excluding hydrogens is 470 g/mol. The zero-order valence-corrected chi connectivity index (χ0v) is 20.6. The molecule has 0 spiro atoms. The van der Waals surface area contributed by atoms with Gasteiger partial charge in [-0.25, -0.2) is 18.6 Å². The lowest BCUT2D eigenvalue weighted by Gasteiger charge is -2.36. The van der Waals surface area contributed by atoms with Crippen molar-refractivity contribution in [1.82, 2.24) is 19.7 Å². The molecular formula is C26H28F2N4O4. The SMILES string of the molecule is COCC(C)(C)c1c([C@@H]2CC[C@@](C)(C(=O)O)OC2)c2nc3[nH]ncc3cc2n1-c1ccc(F)c(F)c1. The summed E-state index contributed by atoms with van der Waals surface area (Å²) in [5.41, 5.74) is 2.28. The van der Waals surface area contributed by atoms with Gasteiger partial charge in [-0.1, -0.05) is 13.8 Å². The largest absolute Gasteiger partial charge is 0.479 e. The molecule has 0 amide bonds. The molecule has 3 aromatic heterocycles. The summed E-state index contributed by atoms with van der Waals surface area (Å²) in [5, 5.41) is 17.4. The Morgan fingerprint density at radius 1 is 1.33 bits per heavy atom. The van der Waals surface area contributed by atoms with E-state index >= 15 is 0 Å². The molecule has 4 aromatic rings. The number of aliphatic carboxylic acids is 1. The van der Waals surface area contributed by atoms with Crippen molar-refractivity contribution < 1.29 is 28.2 Å². The molecule has 8 nitrogen and oxygen atoms in total. The second kappa shape index (κ2) is 8.63. The standard InChI is InChI=1S/C26H28F2N4O4/c1-25(2,13-35-4)22-20(14-7-8-26(3,24(33)34)36-12-14)21-19(9-15-11-29-31-23(15)30-21)32(22)16-5-6-17(27)18(28)10-16/h5-6,9-11,14H,7-8,12-13H2,1-4H3,(H,33,34)(H,29,30,31)/t14-,26+/m1/s1. The molecule has 0 aliphatic carbocycles. The normalized spacial score (nSPS) is 20.9. The molecule has 10 heteroatoms. The van der Waals surface area contributed by atoms with Crippen LogP contribution in [0.5, 0.6) is 0 Å². The number of pyridine rings is 1. The van der Waals surface area contributed by atoms with Crippen LogP contribution in [0.4, 0.5) is 8.78 Å². The number of carbonyl (C=O) groups is 1. The Bertz CT molecular complexity index is 1470. The van der Waals surface area contributed by atoms with E-state index in [-0.39, 0.29) is 12.5 Å². The number of hydrogen-bond donors (Lipinski definition) is 2. The number of fused-ring (bicyclic) bond motifs is 2. The number of H-pyrrole nitrogens is 1. The van der Waals surface area contributed by atoms with Crippen molar-refractivity contribution in [1.29, 1.82) is 0 Å². The predicted molar refractivity (Wildman–Crippen MR) is 130 cm³/mol. The first-order valence-corrected chi connectivity index (χ1v) is 11.8. The second-order valence-electron chi connectivity index (χ2n) is 10.3. The van der Waals surface area contributed by atoms with Gasteiger partial charge in [0.15, 0.2) is 22.9 Å². The van der Waals surface area contributed by atoms with Gasteiger partial charge in [0, 0.05) is 46.8 Å². The fourth-order valence-corrected chi connectivity index (χ4v) is 5.25. The Morgan fingerprint density at radius 2 is 2.11 bits per heavy atom. The first-order chi connectivity index (χ1) is 17.1. The van der Waals surface area contributed by atoms with Crippen molar-refractivity contribution >= 4 is 28.0 Å². The lowest BCUT2D eigenvalue weighted by Crippen LogP contribution is -2.43. The molecule has 1 aromatic carbocycles. The monoisotopic (exact) mass is 498 g/mol. The van der Waals surface area contributed by atoms with Crippen LogP contribution in [-0.2, 0) is 19.7 Å². The summed E-state index contributed by atoms with van der Waals surface area (Å²) in [7, 11) is 1.61. The van der Waals surface area contributed by atoms with Crippen LogP contribution in [0.1, 0.15) is 50.8 Å². The highest BCUT2D eigenvalue weighted by molar-refractivity contribution is 5.94. The fraction of sp³-hybridized carbons (Fsp3) is 0.423. The maximum atomic E-state index is 14.4. The quantitative estimate of drug-likeness (QED) is 0.394. The van der Waals surface area contributed by atoms with E-state index in [1.807, 2.05) is 24.5 Å². The Hall–Kier alpha value is -3.37. The molecule has 36 heavy (non-hydrogen) atoms. The van der Waals surface area contributed by atoms with E-state index in [1.165, 1.54) is 12.1 Å². The van der Waals surface area contributed by atoms with Crippen LogP contribution in [0.25, 0.3) is 27.8 Å². The zero-order valence-electron chi connectivity index (χ0n) is 20.6. The van der Waals surface area contributed by atoms with Crippen LogP contribution in [0.3, 0.4) is 0 Å². The number of carboxylic acid groups (broad SMARTS) is 1. The highest BCUT2D eigenvalue weighted by Crippen LogP contribution is 2.45. The summed E-state index contributed by atoms with van der Waals surface area (Å²) in [5.74, 6) is -3.06. The van der Waals surface area contributed by atoms with Crippen molar-refractivity contribution in [2.45, 2.75) is 50.5 Å². The summed E-state index contributed by atoms with van der Waals surface area (Å²) >= 11 is 0. The van der Waals surface area contributed by atoms with Gasteiger partial charge in [-0.3, -0.25) is 5.10 Å². The maximum absolute atomic E-state index is 14.4. The van der Waals surface area contributed by atoms with Gasteiger partial charge in [0.05, 0.1) is 30.4 Å². The number of ether oxygens (including phenoxy) is 2. The highest BCUT2D eigenvalue weighted by atomic mass is 19.2. The second-order valence-corrected chi connectivity index (χ2v) is 10.3. The summed E-state index contributed by atoms with van der Waals surface area (Å²) in [6.45, 7) is 6.14. The van der Waals surface area contributed by atoms with E-state index in [2.05, 4.69) is 10.2 Å². The van der Waals surface area contributed by atoms with Crippen LogP contribution < -0.4 is 0 Å². The van der Waals surface area contributed by atoms with Gasteiger partial charge in [-0.2, -0.15) is 5.10 Å². The molecule has 5 rings (SSSR count). The predicted octanol–water partition coefficient (Wildman–Crippen LogP) is 4.84. The van der Waals surface area contributed by atoms with Crippen molar-refractivity contribution in [3.05, 3.63) is 53.4 Å². The number of nitrogens with zero attached hydrogens (tertiary/aromatic N) is 3. The molecule has 0 unspecified atom stereocenters. The van der Waals surface area contributed by atoms with E-state index < -0.39 is 28.6 Å². The number of carboxylic acids is 1. The summed E-state index contributed by atoms with van der Waals surface area (Å²) in [4.78, 5) is 16.7. The minimum atomic E-state index is -1.26. The number of methoxy groups -OCH3 is 1. The molecule has 0 saturated carbocycles. The Balaban J connectivity index is 1.82. The van der Waals surface area contributed by atoms with Crippen LogP contribution in [0.2, 0.25) is 0 Å². The number of aromatic amines is 1. The third-order valence-electron chi connectivity index (χ3n) is 7.12. The molecule has 2 N–H and O–H groups in total. The lowest BCUT2D eigenvalue weighted by molar-refractivity contribution is -0.170. The Labute approximate surface area is 206 Å². The van der Waals surface area contributed by atoms with Gasteiger partial charge < -0.3 is 19.1 Å². The average molecular weight is 499 g/mol. The number of hydrogen-bond acceptors (Lipinski definition) is 5. The van der Waals surface area contributed by atoms with E-state index in [4.69, 9.17) is 14.5 Å². The van der Waals surface area contributed by atoms with Crippen LogP contribution in [-0.4, -0.2) is 56.7 Å². The number of halogens is 2. The number of nitrogens with one attached hydrogen (secondary N) is 1. The first kappa shape index (κ1) is 24.3. The van der Waals surface area contributed by atoms with E-state index in [1.54, 1.807) is 20.2 Å². The molecule has 1 saturated heterocycles. The van der Waals surface area contributed by atoms with Crippen molar-refractivity contribution in [3.8, 4) is 5.69 Å². The van der Waals surface area contributed by atoms with Gasteiger partial charge in [0.25, 0.3) is 0 Å². The van der Waals surface area contributed by atoms with Crippen molar-refractivity contribution in [2.75, 3.05) is 20.3 Å². The Morgan fingerprint density at radius 3 is 2.75 bits per heavy atom. The van der Waals surface area contributed by atoms with Crippen LogP contribution >= 0.6 is 0 Å². The molecule has 2 atom stereocenters. The van der Waals surface area contributed by atoms with Gasteiger partial charge in [-0.15, -0.1) is 0 Å². The van der Waals surface area contributed by atoms with Crippen molar-refractivity contribution in [2.24, 2.45) is 0 Å². The van der Waals surface area contributed by atoms with Crippen LogP contribution in [0, 0.1) is 11.6 Å². The lowest BCUT2D eigenvalue weighted by atomic mass is 9.80. The van der Waals surface area contributed by atoms with Gasteiger partial charge in [0.1, 0.15) is 0 Å². The smallest absolute Gasteiger partial charge is 0.335 e. The molecule has 0 radical (unpaired) electrons. The highest BCUT2D eigenvalue weighted by Gasteiger charge is 2.42. The van der Waals surface area contributed by atoms with Gasteiger partial charge >= 0.3 is 5.97 Å². The Kier molecular flexibility index (Phi) is 5.83. The molecule has 190 valence electrons. The van der Waals surface area contributed by atoms with E-state index in [0.717, 1.165) is 22.7 Å². The third-order valence-corrected chi connectivity index (χ3v) is 7.12. The summed E-state index contributed by atoms with van der Waals surface area (Å²) in [6.07, 6.45) is 2.53. The minimum absolute atomic E-state index is 0.175. The molecule has 1 fully saturated rings. The summed E-state index contributed by atoms with van der Waals surface area (Å²) < 4.78 is 41.7. The fourth-order valence-electron chi connectivity index (χ4n) is 5.25. The van der Waals surface area contributed by atoms with Crippen LogP contribution in [0.15, 0.2) is 30.5 Å². The first-order valence-electron chi connectivity index (χ1n) is 11.8. The molecule has 1 aliphatic rings. The third kappa shape index (κ3) is 3.84. The number of benzene rings is 1. The van der Waals surface area contributed by atoms with Gasteiger partial charge in [0.2, 0.25) is 0 Å². The topological polar surface area (TPSA) is 102 Å². The average Bonchev–Trinajstić information content (AvgIpc) is 3.42. The number of aromatic nitrogens is 4. The van der Waals surface area contributed by atoms with E-state index in [9.17, 15) is 18.7 Å². The van der Waals surface area contributed by atoms with E-state index in [0.29, 0.717) is 41.8 Å². The van der Waals surface area contributed by atoms with Crippen molar-refractivity contribution in [3.63, 3.8) is 0 Å². The molecule has 1 aliphatic heterocycles. The zero-order chi connectivity index (χ0) is 25.8. The maximum Gasteiger partial charge on any atom is 0.335 e. The minimum Gasteiger partial charge on any atom is -0.479 e. The number of rotatable bonds is 6. The molecule has 4 heterocycles. The van der Waals surface area contributed by atoms with Gasteiger partial charge in [-0.05, 0) is 38.0 Å². The summed E-state index contributed by atoms with van der Waals surface area (Å²) in [6, 6.07) is 5.73.